The molecule has 2 heterocycles. The summed E-state index contributed by atoms with van der Waals surface area (Å²) >= 11 is 3.25. The number of furan rings is 1. The Morgan fingerprint density at radius 1 is 1.27 bits per heavy atom. The van der Waals surface area contributed by atoms with Crippen LogP contribution in [0.5, 0.6) is 0 Å². The number of hydrogen-bond donors (Lipinski definition) is 1. The monoisotopic (exact) mass is 422 g/mol. The molecule has 1 aliphatic heterocycles. The van der Waals surface area contributed by atoms with E-state index in [0.717, 1.165) is 0 Å². The molecule has 1 aromatic carbocycles. The summed E-state index contributed by atoms with van der Waals surface area (Å²) < 4.78 is 19.8. The Hall–Kier alpha value is -2.35. The molecule has 0 saturated carbocycles. The van der Waals surface area contributed by atoms with Crippen LogP contribution in [0.25, 0.3) is 0 Å². The summed E-state index contributed by atoms with van der Waals surface area (Å²) in [7, 11) is 1.70. The SMILES string of the molecule is CN=C(NCc1ccc(Br)cc1F)N1CCN(C(=O)c2ccco2)CC1. The van der Waals surface area contributed by atoms with E-state index in [9.17, 15) is 9.18 Å². The number of hydrogen-bond acceptors (Lipinski definition) is 3. The van der Waals surface area contributed by atoms with Gasteiger partial charge in [0.1, 0.15) is 5.82 Å². The highest BCUT2D eigenvalue weighted by molar-refractivity contribution is 9.10. The maximum Gasteiger partial charge on any atom is 0.289 e. The Labute approximate surface area is 159 Å². The van der Waals surface area contributed by atoms with Crippen LogP contribution in [-0.4, -0.2) is 54.9 Å². The Morgan fingerprint density at radius 2 is 2.00 bits per heavy atom. The molecule has 0 radical (unpaired) electrons. The van der Waals surface area contributed by atoms with Crippen molar-refractivity contribution >= 4 is 27.8 Å². The number of carbonyl (C=O) groups excluding carboxylic acids is 1. The molecular formula is C18H20BrFN4O2. The highest BCUT2D eigenvalue weighted by atomic mass is 79.9. The second kappa shape index (κ2) is 8.35. The third kappa shape index (κ3) is 4.24. The molecule has 1 amide bonds. The fourth-order valence-electron chi connectivity index (χ4n) is 2.85. The van der Waals surface area contributed by atoms with Crippen molar-refractivity contribution in [1.82, 2.24) is 15.1 Å². The van der Waals surface area contributed by atoms with Crippen molar-refractivity contribution < 1.29 is 13.6 Å². The predicted molar refractivity (Wildman–Crippen MR) is 100 cm³/mol. The number of halogens is 2. The molecule has 1 N–H and O–H groups in total. The van der Waals surface area contributed by atoms with Crippen molar-refractivity contribution in [3.05, 3.63) is 58.2 Å². The molecule has 0 spiro atoms. The van der Waals surface area contributed by atoms with E-state index in [1.165, 1.54) is 12.3 Å². The average molecular weight is 423 g/mol. The molecule has 1 fully saturated rings. The number of guanidine groups is 1. The van der Waals surface area contributed by atoms with Gasteiger partial charge in [-0.2, -0.15) is 0 Å². The van der Waals surface area contributed by atoms with E-state index in [1.54, 1.807) is 30.1 Å². The van der Waals surface area contributed by atoms with Crippen LogP contribution in [-0.2, 0) is 6.54 Å². The quantitative estimate of drug-likeness (QED) is 0.610. The first kappa shape index (κ1) is 18.4. The fraction of sp³-hybridized carbons (Fsp3) is 0.333. The summed E-state index contributed by atoms with van der Waals surface area (Å²) in [5.74, 6) is 0.676. The van der Waals surface area contributed by atoms with E-state index in [4.69, 9.17) is 4.42 Å². The topological polar surface area (TPSA) is 61.1 Å². The number of aliphatic imine (C=N–C) groups is 1. The first-order valence-corrected chi connectivity index (χ1v) is 9.10. The Balaban J connectivity index is 1.54. The largest absolute Gasteiger partial charge is 0.459 e. The van der Waals surface area contributed by atoms with Crippen LogP contribution >= 0.6 is 15.9 Å². The van der Waals surface area contributed by atoms with Gasteiger partial charge in [-0.15, -0.1) is 0 Å². The molecule has 0 unspecified atom stereocenters. The predicted octanol–water partition coefficient (Wildman–Crippen LogP) is 2.71. The lowest BCUT2D eigenvalue weighted by Gasteiger charge is -2.36. The molecule has 8 heteroatoms. The van der Waals surface area contributed by atoms with Crippen molar-refractivity contribution in [2.24, 2.45) is 4.99 Å². The van der Waals surface area contributed by atoms with Crippen LogP contribution < -0.4 is 5.32 Å². The lowest BCUT2D eigenvalue weighted by molar-refractivity contribution is 0.0657. The minimum atomic E-state index is -0.267. The number of piperazine rings is 1. The molecule has 6 nitrogen and oxygen atoms in total. The second-order valence-electron chi connectivity index (χ2n) is 5.89. The zero-order valence-electron chi connectivity index (χ0n) is 14.4. The van der Waals surface area contributed by atoms with E-state index < -0.39 is 0 Å². The summed E-state index contributed by atoms with van der Waals surface area (Å²) in [5, 5.41) is 3.19. The minimum Gasteiger partial charge on any atom is -0.459 e. The second-order valence-corrected chi connectivity index (χ2v) is 6.81. The number of nitrogens with zero attached hydrogens (tertiary/aromatic N) is 3. The smallest absolute Gasteiger partial charge is 0.289 e. The summed E-state index contributed by atoms with van der Waals surface area (Å²) in [6.45, 7) is 2.79. The van der Waals surface area contributed by atoms with Crippen molar-refractivity contribution in [3.63, 3.8) is 0 Å². The van der Waals surface area contributed by atoms with Crippen molar-refractivity contribution in [3.8, 4) is 0 Å². The van der Waals surface area contributed by atoms with Gasteiger partial charge in [-0.1, -0.05) is 22.0 Å². The molecule has 1 aliphatic rings. The zero-order chi connectivity index (χ0) is 18.5. The van der Waals surface area contributed by atoms with Gasteiger partial charge in [-0.25, -0.2) is 4.39 Å². The summed E-state index contributed by atoms with van der Waals surface area (Å²) in [6.07, 6.45) is 1.50. The van der Waals surface area contributed by atoms with E-state index in [-0.39, 0.29) is 11.7 Å². The van der Waals surface area contributed by atoms with E-state index in [2.05, 4.69) is 31.1 Å². The number of carbonyl (C=O) groups is 1. The molecule has 0 bridgehead atoms. The molecule has 1 aromatic heterocycles. The van der Waals surface area contributed by atoms with Gasteiger partial charge in [-0.3, -0.25) is 9.79 Å². The number of rotatable bonds is 3. The van der Waals surface area contributed by atoms with Crippen molar-refractivity contribution in [2.75, 3.05) is 33.2 Å². The molecule has 138 valence electrons. The van der Waals surface area contributed by atoms with Gasteiger partial charge in [0.05, 0.1) is 6.26 Å². The van der Waals surface area contributed by atoms with Crippen LogP contribution in [0.4, 0.5) is 4.39 Å². The van der Waals surface area contributed by atoms with Crippen LogP contribution in [0, 0.1) is 5.82 Å². The lowest BCUT2D eigenvalue weighted by Crippen LogP contribution is -2.53. The van der Waals surface area contributed by atoms with Crippen LogP contribution in [0.1, 0.15) is 16.1 Å². The van der Waals surface area contributed by atoms with Gasteiger partial charge in [0, 0.05) is 49.8 Å². The highest BCUT2D eigenvalue weighted by Crippen LogP contribution is 2.15. The number of benzene rings is 1. The lowest BCUT2D eigenvalue weighted by atomic mass is 10.2. The highest BCUT2D eigenvalue weighted by Gasteiger charge is 2.25. The molecule has 26 heavy (non-hydrogen) atoms. The minimum absolute atomic E-state index is 0.102. The zero-order valence-corrected chi connectivity index (χ0v) is 16.0. The van der Waals surface area contributed by atoms with Crippen molar-refractivity contribution in [2.45, 2.75) is 6.54 Å². The maximum absolute atomic E-state index is 13.9. The van der Waals surface area contributed by atoms with Crippen LogP contribution in [0.2, 0.25) is 0 Å². The fourth-order valence-corrected chi connectivity index (χ4v) is 3.18. The third-order valence-corrected chi connectivity index (χ3v) is 4.76. The Bertz CT molecular complexity index is 786. The number of nitrogens with one attached hydrogen (secondary N) is 1. The number of amides is 1. The molecule has 0 atom stereocenters. The van der Waals surface area contributed by atoms with Crippen LogP contribution in [0.3, 0.4) is 0 Å². The normalized spacial score (nSPS) is 15.3. The molecule has 3 rings (SSSR count). The van der Waals surface area contributed by atoms with Gasteiger partial charge in [-0.05, 0) is 24.3 Å². The van der Waals surface area contributed by atoms with Crippen molar-refractivity contribution in [1.29, 1.82) is 0 Å². The average Bonchev–Trinajstić information content (AvgIpc) is 3.18. The van der Waals surface area contributed by atoms with Gasteiger partial charge in [0.15, 0.2) is 11.7 Å². The van der Waals surface area contributed by atoms with Gasteiger partial charge >= 0.3 is 0 Å². The first-order valence-electron chi connectivity index (χ1n) is 8.31. The molecule has 2 aromatic rings. The summed E-state index contributed by atoms with van der Waals surface area (Å²) in [4.78, 5) is 20.4. The maximum atomic E-state index is 13.9. The first-order chi connectivity index (χ1) is 12.6. The van der Waals surface area contributed by atoms with Gasteiger partial charge in [0.25, 0.3) is 5.91 Å². The third-order valence-electron chi connectivity index (χ3n) is 4.26. The van der Waals surface area contributed by atoms with E-state index in [0.29, 0.717) is 54.5 Å². The Kier molecular flexibility index (Phi) is 5.92. The molecular weight excluding hydrogens is 403 g/mol. The molecule has 1 saturated heterocycles. The van der Waals surface area contributed by atoms with Crippen LogP contribution in [0.15, 0.2) is 50.5 Å². The standard InChI is InChI=1S/C18H20BrFN4O2/c1-21-18(22-12-13-4-5-14(19)11-15(13)20)24-8-6-23(7-9-24)17(25)16-3-2-10-26-16/h2-5,10-11H,6-9,12H2,1H3,(H,21,22). The summed E-state index contributed by atoms with van der Waals surface area (Å²) in [5.41, 5.74) is 0.570. The summed E-state index contributed by atoms with van der Waals surface area (Å²) in [6, 6.07) is 8.36. The van der Waals surface area contributed by atoms with Gasteiger partial charge in [0.2, 0.25) is 0 Å². The molecule has 0 aliphatic carbocycles. The Morgan fingerprint density at radius 3 is 2.62 bits per heavy atom. The van der Waals surface area contributed by atoms with E-state index in [1.807, 2.05) is 6.07 Å². The van der Waals surface area contributed by atoms with E-state index >= 15 is 0 Å². The van der Waals surface area contributed by atoms with Gasteiger partial charge < -0.3 is 19.5 Å².